The van der Waals surface area contributed by atoms with Crippen molar-refractivity contribution in [2.24, 2.45) is 0 Å². The summed E-state index contributed by atoms with van der Waals surface area (Å²) >= 11 is 0. The first kappa shape index (κ1) is 8.63. The summed E-state index contributed by atoms with van der Waals surface area (Å²) in [4.78, 5) is 0. The molecule has 3 rings (SSSR count). The average molecular weight is 186 g/mol. The van der Waals surface area contributed by atoms with Crippen LogP contribution in [0.1, 0.15) is 0 Å². The van der Waals surface area contributed by atoms with E-state index in [1.807, 2.05) is 24.3 Å². The monoisotopic (exact) mass is 186 g/mol. The van der Waals surface area contributed by atoms with Crippen LogP contribution in [0, 0.1) is 0 Å². The van der Waals surface area contributed by atoms with Crippen LogP contribution in [-0.2, 0) is 0 Å². The minimum Gasteiger partial charge on any atom is -0.508 e. The van der Waals surface area contributed by atoms with Crippen LogP contribution in [0.25, 0.3) is 11.1 Å². The molecule has 2 nitrogen and oxygen atoms in total. The highest BCUT2D eigenvalue weighted by Gasteiger charge is 2.21. The summed E-state index contributed by atoms with van der Waals surface area (Å²) in [6.07, 6.45) is 0. The fourth-order valence-electron chi connectivity index (χ4n) is 1.21. The van der Waals surface area contributed by atoms with E-state index in [0.717, 1.165) is 11.1 Å². The Morgan fingerprint density at radius 1 is 0.643 bits per heavy atom. The Labute approximate surface area is 82.1 Å². The lowest BCUT2D eigenvalue weighted by atomic mass is 10.3. The molecule has 2 heteroatoms. The van der Waals surface area contributed by atoms with Crippen molar-refractivity contribution >= 4 is 0 Å². The minimum atomic E-state index is 0.322. The third-order valence-electron chi connectivity index (χ3n) is 2.02. The number of hydrogen-bond acceptors (Lipinski definition) is 2. The molecule has 0 heterocycles. The number of benzene rings is 2. The lowest BCUT2D eigenvalue weighted by Crippen LogP contribution is -1.56. The van der Waals surface area contributed by atoms with Crippen molar-refractivity contribution in [2.75, 3.05) is 0 Å². The van der Waals surface area contributed by atoms with Crippen LogP contribution < -0.4 is 0 Å². The maximum Gasteiger partial charge on any atom is 0.131 e. The van der Waals surface area contributed by atoms with E-state index < -0.39 is 0 Å². The zero-order valence-corrected chi connectivity index (χ0v) is 7.51. The molecule has 14 heavy (non-hydrogen) atoms. The normalized spacial score (nSPS) is 10.0. The Kier molecular flexibility index (Phi) is 2.11. The van der Waals surface area contributed by atoms with E-state index in [0.29, 0.717) is 11.5 Å². The summed E-state index contributed by atoms with van der Waals surface area (Å²) in [5.74, 6) is 0.810. The molecule has 0 bridgehead atoms. The molecule has 0 unspecified atom stereocenters. The summed E-state index contributed by atoms with van der Waals surface area (Å²) in [6, 6.07) is 14.5. The van der Waals surface area contributed by atoms with E-state index in [1.54, 1.807) is 24.3 Å². The molecule has 1 aromatic rings. The van der Waals surface area contributed by atoms with E-state index >= 15 is 0 Å². The van der Waals surface area contributed by atoms with Crippen molar-refractivity contribution in [3.05, 3.63) is 48.5 Å². The summed E-state index contributed by atoms with van der Waals surface area (Å²) in [7, 11) is 0. The molecule has 0 aliphatic heterocycles. The second-order valence-corrected chi connectivity index (χ2v) is 3.04. The van der Waals surface area contributed by atoms with Crippen molar-refractivity contribution in [3.63, 3.8) is 0 Å². The third kappa shape index (κ3) is 1.69. The number of hydrogen-bond donors (Lipinski definition) is 2. The highest BCUT2D eigenvalue weighted by molar-refractivity contribution is 5.94. The van der Waals surface area contributed by atoms with Crippen LogP contribution >= 0.6 is 0 Å². The van der Waals surface area contributed by atoms with Crippen molar-refractivity contribution in [3.8, 4) is 22.6 Å². The van der Waals surface area contributed by atoms with Gasteiger partial charge in [0.05, 0.1) is 0 Å². The number of rotatable bonds is 0. The van der Waals surface area contributed by atoms with Gasteiger partial charge in [0.25, 0.3) is 0 Å². The molecular formula is C12H10O2. The van der Waals surface area contributed by atoms with Gasteiger partial charge in [-0.1, -0.05) is 36.4 Å². The standard InChI is InChI=1S/C6H4O.C6H6O/c7-6-4-2-1-3-5(4)6;7-6-4-2-1-3-5-6/h1-3,7H;1-5,7H. The van der Waals surface area contributed by atoms with Crippen LogP contribution in [0.4, 0.5) is 0 Å². The molecule has 70 valence electrons. The largest absolute Gasteiger partial charge is 0.508 e. The van der Waals surface area contributed by atoms with E-state index in [1.165, 1.54) is 0 Å². The van der Waals surface area contributed by atoms with Crippen LogP contribution in [0.2, 0.25) is 0 Å². The Balaban J connectivity index is 0.000000107. The maximum atomic E-state index is 8.71. The van der Waals surface area contributed by atoms with Gasteiger partial charge in [0.1, 0.15) is 11.5 Å². The highest BCUT2D eigenvalue weighted by atomic mass is 16.3. The molecule has 0 radical (unpaired) electrons. The summed E-state index contributed by atoms with van der Waals surface area (Å²) in [5.41, 5.74) is 2.06. The van der Waals surface area contributed by atoms with Gasteiger partial charge in [0.15, 0.2) is 0 Å². The van der Waals surface area contributed by atoms with Crippen molar-refractivity contribution in [1.82, 2.24) is 0 Å². The lowest BCUT2D eigenvalue weighted by molar-refractivity contribution is 0.475. The molecule has 1 aromatic carbocycles. The Bertz CT molecular complexity index is 415. The first-order valence-electron chi connectivity index (χ1n) is 4.35. The topological polar surface area (TPSA) is 40.5 Å². The molecule has 2 N–H and O–H groups in total. The molecule has 0 atom stereocenters. The number of phenolic OH excluding ortho intramolecular Hbond substituents is 2. The second kappa shape index (κ2) is 3.42. The van der Waals surface area contributed by atoms with E-state index in [4.69, 9.17) is 10.2 Å². The smallest absolute Gasteiger partial charge is 0.131 e. The van der Waals surface area contributed by atoms with Crippen LogP contribution in [-0.4, -0.2) is 10.2 Å². The molecule has 0 aromatic heterocycles. The maximum absolute atomic E-state index is 8.71. The Hall–Kier alpha value is -1.96. The molecule has 0 amide bonds. The van der Waals surface area contributed by atoms with Gasteiger partial charge in [-0.15, -0.1) is 0 Å². The first-order valence-corrected chi connectivity index (χ1v) is 4.35. The van der Waals surface area contributed by atoms with Gasteiger partial charge in [-0.05, 0) is 12.1 Å². The van der Waals surface area contributed by atoms with Crippen LogP contribution in [0.3, 0.4) is 0 Å². The van der Waals surface area contributed by atoms with E-state index in [-0.39, 0.29) is 0 Å². The van der Waals surface area contributed by atoms with Crippen LogP contribution in [0.15, 0.2) is 48.5 Å². The lowest BCUT2D eigenvalue weighted by Gasteiger charge is -1.82. The third-order valence-corrected chi connectivity index (χ3v) is 2.02. The molecular weight excluding hydrogens is 176 g/mol. The van der Waals surface area contributed by atoms with Gasteiger partial charge in [-0.25, -0.2) is 0 Å². The van der Waals surface area contributed by atoms with Crippen LogP contribution in [0.5, 0.6) is 11.5 Å². The summed E-state index contributed by atoms with van der Waals surface area (Å²) < 4.78 is 0. The predicted molar refractivity (Wildman–Crippen MR) is 55.2 cm³/mol. The van der Waals surface area contributed by atoms with Gasteiger partial charge in [-0.2, -0.15) is 0 Å². The predicted octanol–water partition coefficient (Wildman–Crippen LogP) is 2.76. The van der Waals surface area contributed by atoms with Gasteiger partial charge in [-0.3, -0.25) is 0 Å². The van der Waals surface area contributed by atoms with Crippen molar-refractivity contribution in [2.45, 2.75) is 0 Å². The van der Waals surface area contributed by atoms with Gasteiger partial charge < -0.3 is 10.2 Å². The van der Waals surface area contributed by atoms with Gasteiger partial charge >= 0.3 is 0 Å². The quantitative estimate of drug-likeness (QED) is 0.566. The number of aromatic hydroxyl groups is 2. The fraction of sp³-hybridized carbons (Fsp3) is 0. The Morgan fingerprint density at radius 3 is 1.50 bits per heavy atom. The Morgan fingerprint density at radius 2 is 1.21 bits per heavy atom. The summed E-state index contributed by atoms with van der Waals surface area (Å²) in [6.45, 7) is 0. The zero-order valence-electron chi connectivity index (χ0n) is 7.51. The van der Waals surface area contributed by atoms with E-state index in [2.05, 4.69) is 0 Å². The fourth-order valence-corrected chi connectivity index (χ4v) is 1.21. The van der Waals surface area contributed by atoms with Gasteiger partial charge in [0, 0.05) is 11.1 Å². The van der Waals surface area contributed by atoms with Crippen molar-refractivity contribution < 1.29 is 10.2 Å². The summed E-state index contributed by atoms with van der Waals surface area (Å²) in [5, 5.41) is 17.3. The minimum absolute atomic E-state index is 0.322. The molecule has 0 saturated carbocycles. The molecule has 0 spiro atoms. The zero-order chi connectivity index (χ0) is 9.97. The number of phenols is 2. The van der Waals surface area contributed by atoms with E-state index in [9.17, 15) is 0 Å². The highest BCUT2D eigenvalue weighted by Crippen LogP contribution is 2.49. The SMILES string of the molecule is Oc1c2cccc1-2.Oc1ccccc1. The molecule has 2 aliphatic carbocycles. The van der Waals surface area contributed by atoms with Crippen molar-refractivity contribution in [1.29, 1.82) is 0 Å². The number of fused-ring (bicyclic) bond motifs is 1. The molecule has 0 saturated heterocycles. The first-order chi connectivity index (χ1) is 6.79. The number of para-hydroxylation sites is 2. The molecule has 0 fully saturated rings. The van der Waals surface area contributed by atoms with Gasteiger partial charge in [0.2, 0.25) is 0 Å². The molecule has 2 aliphatic rings. The second-order valence-electron chi connectivity index (χ2n) is 3.04. The average Bonchev–Trinajstić information content (AvgIpc) is 2.68.